The number of para-hydroxylation sites is 1. The van der Waals surface area contributed by atoms with Gasteiger partial charge in [-0.3, -0.25) is 10.3 Å². The second-order valence-corrected chi connectivity index (χ2v) is 5.31. The lowest BCUT2D eigenvalue weighted by atomic mass is 9.93. The van der Waals surface area contributed by atoms with Crippen LogP contribution in [-0.2, 0) is 0 Å². The number of nitrogens with two attached hydrogens (primary N) is 1. The first-order chi connectivity index (χ1) is 9.36. The number of aliphatic imine (C=N–C) groups is 1. The average molecular weight is 276 g/mol. The Bertz CT molecular complexity index is 480. The van der Waals surface area contributed by atoms with Crippen LogP contribution < -0.4 is 16.4 Å². The summed E-state index contributed by atoms with van der Waals surface area (Å²) in [4.78, 5) is 15.7. The molecule has 0 aliphatic rings. The van der Waals surface area contributed by atoms with Gasteiger partial charge in [0, 0.05) is 12.7 Å². The van der Waals surface area contributed by atoms with Crippen molar-refractivity contribution < 1.29 is 4.79 Å². The van der Waals surface area contributed by atoms with E-state index in [0.717, 1.165) is 16.8 Å². The van der Waals surface area contributed by atoms with Crippen molar-refractivity contribution in [3.8, 4) is 0 Å². The summed E-state index contributed by atoms with van der Waals surface area (Å²) in [6, 6.07) is 5.71. The molecule has 0 aliphatic carbocycles. The fraction of sp³-hybridized carbons (Fsp3) is 0.467. The van der Waals surface area contributed by atoms with Crippen molar-refractivity contribution in [2.24, 2.45) is 10.7 Å². The number of carbonyl (C=O) groups excluding carboxylic acids is 1. The lowest BCUT2D eigenvalue weighted by molar-refractivity contribution is 0.256. The van der Waals surface area contributed by atoms with Gasteiger partial charge >= 0.3 is 6.03 Å². The Hall–Kier alpha value is -2.04. The summed E-state index contributed by atoms with van der Waals surface area (Å²) in [7, 11) is 1.53. The van der Waals surface area contributed by atoms with Crippen LogP contribution in [0.15, 0.2) is 23.2 Å². The van der Waals surface area contributed by atoms with Gasteiger partial charge in [-0.25, -0.2) is 4.79 Å². The molecule has 0 saturated carbocycles. The van der Waals surface area contributed by atoms with Gasteiger partial charge in [-0.05, 0) is 23.0 Å². The molecule has 0 aliphatic heterocycles. The Balaban J connectivity index is 3.11. The summed E-state index contributed by atoms with van der Waals surface area (Å²) in [5.41, 5.74) is 8.58. The minimum atomic E-state index is -0.372. The predicted molar refractivity (Wildman–Crippen MR) is 84.3 cm³/mol. The third kappa shape index (κ3) is 3.98. The smallest absolute Gasteiger partial charge is 0.326 e. The molecule has 1 rings (SSSR count). The van der Waals surface area contributed by atoms with E-state index in [-0.39, 0.29) is 12.0 Å². The third-order valence-corrected chi connectivity index (χ3v) is 3.09. The van der Waals surface area contributed by atoms with E-state index in [1.54, 1.807) is 0 Å². The highest BCUT2D eigenvalue weighted by molar-refractivity contribution is 6.02. The van der Waals surface area contributed by atoms with Crippen molar-refractivity contribution in [1.82, 2.24) is 5.32 Å². The van der Waals surface area contributed by atoms with Crippen molar-refractivity contribution in [1.29, 1.82) is 0 Å². The number of carbonyl (C=O) groups is 1. The highest BCUT2D eigenvalue weighted by atomic mass is 16.2. The monoisotopic (exact) mass is 276 g/mol. The number of benzene rings is 1. The molecule has 5 heteroatoms. The Morgan fingerprint density at radius 1 is 1.15 bits per heavy atom. The van der Waals surface area contributed by atoms with E-state index >= 15 is 0 Å². The fourth-order valence-electron chi connectivity index (χ4n) is 2.01. The van der Waals surface area contributed by atoms with Crippen LogP contribution >= 0.6 is 0 Å². The molecule has 0 heterocycles. The van der Waals surface area contributed by atoms with Crippen molar-refractivity contribution >= 4 is 17.7 Å². The molecule has 20 heavy (non-hydrogen) atoms. The number of anilines is 1. The van der Waals surface area contributed by atoms with Gasteiger partial charge in [0.2, 0.25) is 0 Å². The van der Waals surface area contributed by atoms with Gasteiger partial charge in [-0.2, -0.15) is 0 Å². The molecule has 0 bridgehead atoms. The number of rotatable bonds is 3. The van der Waals surface area contributed by atoms with Crippen LogP contribution in [0, 0.1) is 0 Å². The molecule has 5 nitrogen and oxygen atoms in total. The number of nitrogens with one attached hydrogen (secondary N) is 2. The number of hydrogen-bond acceptors (Lipinski definition) is 2. The van der Waals surface area contributed by atoms with Crippen molar-refractivity contribution in [2.45, 2.75) is 39.5 Å². The molecular formula is C15H24N4O. The maximum absolute atomic E-state index is 11.9. The molecule has 0 aromatic heterocycles. The highest BCUT2D eigenvalue weighted by Crippen LogP contribution is 2.32. The van der Waals surface area contributed by atoms with Gasteiger partial charge in [0.1, 0.15) is 0 Å². The zero-order chi connectivity index (χ0) is 15.3. The van der Waals surface area contributed by atoms with Gasteiger partial charge in [0.25, 0.3) is 0 Å². The van der Waals surface area contributed by atoms with E-state index in [2.05, 4.69) is 43.3 Å². The molecule has 2 amide bonds. The van der Waals surface area contributed by atoms with Gasteiger partial charge in [-0.1, -0.05) is 45.9 Å². The van der Waals surface area contributed by atoms with E-state index < -0.39 is 0 Å². The van der Waals surface area contributed by atoms with Crippen LogP contribution in [0.25, 0.3) is 0 Å². The van der Waals surface area contributed by atoms with Gasteiger partial charge in [-0.15, -0.1) is 0 Å². The van der Waals surface area contributed by atoms with Crippen molar-refractivity contribution in [3.63, 3.8) is 0 Å². The fourth-order valence-corrected chi connectivity index (χ4v) is 2.01. The number of urea groups is 1. The molecule has 0 saturated heterocycles. The van der Waals surface area contributed by atoms with Crippen LogP contribution in [0.3, 0.4) is 0 Å². The molecule has 110 valence electrons. The van der Waals surface area contributed by atoms with Crippen LogP contribution in [-0.4, -0.2) is 19.0 Å². The van der Waals surface area contributed by atoms with E-state index in [1.165, 1.54) is 7.05 Å². The van der Waals surface area contributed by atoms with Crippen LogP contribution in [0.1, 0.15) is 50.7 Å². The number of amides is 2. The Morgan fingerprint density at radius 3 is 2.05 bits per heavy atom. The minimum absolute atomic E-state index is 0.0932. The summed E-state index contributed by atoms with van der Waals surface area (Å²) >= 11 is 0. The van der Waals surface area contributed by atoms with E-state index in [9.17, 15) is 4.79 Å². The zero-order valence-corrected chi connectivity index (χ0v) is 12.8. The van der Waals surface area contributed by atoms with Gasteiger partial charge in [0.05, 0.1) is 0 Å². The Morgan fingerprint density at radius 2 is 1.65 bits per heavy atom. The average Bonchev–Trinajstić information content (AvgIpc) is 2.37. The summed E-state index contributed by atoms with van der Waals surface area (Å²) in [5.74, 6) is 0.734. The second kappa shape index (κ2) is 6.93. The molecule has 1 aromatic carbocycles. The summed E-state index contributed by atoms with van der Waals surface area (Å²) < 4.78 is 0. The van der Waals surface area contributed by atoms with E-state index in [4.69, 9.17) is 5.73 Å². The van der Waals surface area contributed by atoms with Crippen LogP contribution in [0.2, 0.25) is 0 Å². The van der Waals surface area contributed by atoms with Crippen LogP contribution in [0.4, 0.5) is 10.5 Å². The lowest BCUT2D eigenvalue weighted by Gasteiger charge is -2.20. The van der Waals surface area contributed by atoms with Crippen molar-refractivity contribution in [3.05, 3.63) is 29.3 Å². The maximum Gasteiger partial charge on any atom is 0.326 e. The van der Waals surface area contributed by atoms with E-state index in [0.29, 0.717) is 11.8 Å². The number of hydrogen-bond donors (Lipinski definition) is 3. The molecule has 4 N–H and O–H groups in total. The van der Waals surface area contributed by atoms with E-state index in [1.807, 2.05) is 18.2 Å². The molecule has 1 aromatic rings. The topological polar surface area (TPSA) is 79.5 Å². The second-order valence-electron chi connectivity index (χ2n) is 5.31. The largest absolute Gasteiger partial charge is 0.370 e. The highest BCUT2D eigenvalue weighted by Gasteiger charge is 2.15. The standard InChI is InChI=1S/C15H24N4O/c1-9(2)11-7-6-8-12(10(3)4)13(11)18-15(20)19-14(16)17-5/h6-10H,1-5H3,(H4,16,17,18,19,20). The maximum atomic E-state index is 11.9. The summed E-state index contributed by atoms with van der Waals surface area (Å²) in [6.07, 6.45) is 0. The number of nitrogens with zero attached hydrogens (tertiary/aromatic N) is 1. The SMILES string of the molecule is CN=C(N)NC(=O)Nc1c(C(C)C)cccc1C(C)C. The van der Waals surface area contributed by atoms with Gasteiger partial charge in [0.15, 0.2) is 5.96 Å². The quantitative estimate of drug-likeness (QED) is 0.586. The zero-order valence-electron chi connectivity index (χ0n) is 12.8. The molecular weight excluding hydrogens is 252 g/mol. The molecule has 0 unspecified atom stereocenters. The first-order valence-electron chi connectivity index (χ1n) is 6.79. The first-order valence-corrected chi connectivity index (χ1v) is 6.79. The molecule has 0 fully saturated rings. The minimum Gasteiger partial charge on any atom is -0.370 e. The molecule has 0 atom stereocenters. The summed E-state index contributed by atoms with van der Waals surface area (Å²) in [6.45, 7) is 8.41. The molecule has 0 radical (unpaired) electrons. The van der Waals surface area contributed by atoms with Gasteiger partial charge < -0.3 is 11.1 Å². The number of guanidine groups is 1. The molecule has 0 spiro atoms. The van der Waals surface area contributed by atoms with Crippen LogP contribution in [0.5, 0.6) is 0 Å². The predicted octanol–water partition coefficient (Wildman–Crippen LogP) is 3.00. The Labute approximate surface area is 120 Å². The van der Waals surface area contributed by atoms with Crippen molar-refractivity contribution in [2.75, 3.05) is 12.4 Å². The summed E-state index contributed by atoms with van der Waals surface area (Å²) in [5, 5.41) is 5.38. The first kappa shape index (κ1) is 16.0. The Kier molecular flexibility index (Phi) is 5.55. The normalized spacial score (nSPS) is 11.8. The third-order valence-electron chi connectivity index (χ3n) is 3.09. The lowest BCUT2D eigenvalue weighted by Crippen LogP contribution is -2.39.